The number of esters is 1. The first-order valence-electron chi connectivity index (χ1n) is 12.5. The number of amides is 2. The first-order chi connectivity index (χ1) is 17.5. The summed E-state index contributed by atoms with van der Waals surface area (Å²) < 4.78 is 11.4. The molecule has 1 aliphatic heterocycles. The molecule has 192 valence electrons. The molecule has 0 N–H and O–H groups in total. The van der Waals surface area contributed by atoms with Gasteiger partial charge >= 0.3 is 5.97 Å². The minimum Gasteiger partial charge on any atom is -0.493 e. The Morgan fingerprint density at radius 3 is 2.03 bits per heavy atom. The van der Waals surface area contributed by atoms with Gasteiger partial charge < -0.3 is 9.47 Å². The monoisotopic (exact) mass is 499 g/mol. The third-order valence-corrected chi connectivity index (χ3v) is 6.69. The van der Waals surface area contributed by atoms with Crippen LogP contribution in [0.25, 0.3) is 0 Å². The fourth-order valence-electron chi connectivity index (χ4n) is 4.55. The third kappa shape index (κ3) is 5.29. The number of hydrogen-bond acceptors (Lipinski definition) is 5. The Bertz CT molecular complexity index is 1320. The highest BCUT2D eigenvalue weighted by Gasteiger charge is 2.35. The molecule has 3 aromatic carbocycles. The van der Waals surface area contributed by atoms with Gasteiger partial charge in [0.25, 0.3) is 11.8 Å². The fraction of sp³-hybridized carbons (Fsp3) is 0.323. The first kappa shape index (κ1) is 26.1. The van der Waals surface area contributed by atoms with Gasteiger partial charge in [-0.2, -0.15) is 0 Å². The van der Waals surface area contributed by atoms with E-state index >= 15 is 0 Å². The van der Waals surface area contributed by atoms with Gasteiger partial charge in [-0.25, -0.2) is 4.79 Å². The first-order valence-corrected chi connectivity index (χ1v) is 12.5. The molecular formula is C31H33NO5. The van der Waals surface area contributed by atoms with Crippen LogP contribution in [0.3, 0.4) is 0 Å². The van der Waals surface area contributed by atoms with Crippen molar-refractivity contribution in [3.05, 3.63) is 99.1 Å². The minimum atomic E-state index is -0.522. The molecule has 0 saturated heterocycles. The van der Waals surface area contributed by atoms with Gasteiger partial charge in [0.2, 0.25) is 0 Å². The molecule has 1 heterocycles. The molecule has 37 heavy (non-hydrogen) atoms. The molecule has 0 fully saturated rings. The zero-order valence-corrected chi connectivity index (χ0v) is 22.3. The quantitative estimate of drug-likeness (QED) is 0.288. The summed E-state index contributed by atoms with van der Waals surface area (Å²) in [6, 6.07) is 16.1. The molecule has 0 radical (unpaired) electrons. The van der Waals surface area contributed by atoms with Gasteiger partial charge in [-0.3, -0.25) is 14.5 Å². The van der Waals surface area contributed by atoms with E-state index in [-0.39, 0.29) is 35.9 Å². The Kier molecular flexibility index (Phi) is 7.21. The van der Waals surface area contributed by atoms with Gasteiger partial charge in [0.1, 0.15) is 17.9 Å². The number of benzene rings is 3. The number of carbonyl (C=O) groups excluding carboxylic acids is 3. The zero-order chi connectivity index (χ0) is 26.9. The van der Waals surface area contributed by atoms with Gasteiger partial charge in [0, 0.05) is 0 Å². The van der Waals surface area contributed by atoms with E-state index in [4.69, 9.17) is 9.47 Å². The van der Waals surface area contributed by atoms with Crippen molar-refractivity contribution < 1.29 is 23.9 Å². The highest BCUT2D eigenvalue weighted by molar-refractivity contribution is 6.21. The lowest BCUT2D eigenvalue weighted by Crippen LogP contribution is -2.29. The van der Waals surface area contributed by atoms with E-state index in [9.17, 15) is 14.4 Å². The van der Waals surface area contributed by atoms with E-state index in [1.54, 1.807) is 42.5 Å². The lowest BCUT2D eigenvalue weighted by molar-refractivity contribution is 0.0466. The van der Waals surface area contributed by atoms with E-state index in [0.29, 0.717) is 29.0 Å². The molecule has 3 aromatic rings. The van der Waals surface area contributed by atoms with Crippen LogP contribution in [0.1, 0.15) is 86.6 Å². The molecular weight excluding hydrogens is 466 g/mol. The third-order valence-electron chi connectivity index (χ3n) is 6.69. The second kappa shape index (κ2) is 10.2. The number of hydrogen-bond donors (Lipinski definition) is 0. The second-order valence-corrected chi connectivity index (χ2v) is 10.4. The maximum atomic E-state index is 13.2. The van der Waals surface area contributed by atoms with E-state index in [0.717, 1.165) is 16.7 Å². The summed E-state index contributed by atoms with van der Waals surface area (Å²) >= 11 is 0. The Hall–Kier alpha value is -3.93. The molecule has 6 nitrogen and oxygen atoms in total. The maximum absolute atomic E-state index is 13.2. The SMILES string of the molecule is CCOc1ccc(CN2C(=O)c3ccccc3C2=O)cc1C(=O)OCc1c(C)cc(C(C)(C)C)cc1C. The molecule has 0 saturated carbocycles. The van der Waals surface area contributed by atoms with Gasteiger partial charge in [-0.05, 0) is 78.3 Å². The number of nitrogens with zero attached hydrogens (tertiary/aromatic N) is 1. The fourth-order valence-corrected chi connectivity index (χ4v) is 4.55. The van der Waals surface area contributed by atoms with Crippen LogP contribution in [-0.2, 0) is 23.3 Å². The predicted molar refractivity (Wildman–Crippen MR) is 142 cm³/mol. The molecule has 1 aliphatic rings. The average Bonchev–Trinajstić information content (AvgIpc) is 3.08. The van der Waals surface area contributed by atoms with Crippen LogP contribution in [0.4, 0.5) is 0 Å². The van der Waals surface area contributed by atoms with Crippen molar-refractivity contribution in [3.8, 4) is 5.75 Å². The average molecular weight is 500 g/mol. The Morgan fingerprint density at radius 2 is 1.49 bits per heavy atom. The number of rotatable bonds is 7. The summed E-state index contributed by atoms with van der Waals surface area (Å²) in [5, 5.41) is 0. The minimum absolute atomic E-state index is 0.0248. The molecule has 0 bridgehead atoms. The van der Waals surface area contributed by atoms with Crippen LogP contribution in [0.15, 0.2) is 54.6 Å². The van der Waals surface area contributed by atoms with Crippen LogP contribution in [0.2, 0.25) is 0 Å². The summed E-state index contributed by atoms with van der Waals surface area (Å²) in [4.78, 5) is 40.0. The standard InChI is InChI=1S/C31H33NO5/c1-7-36-27-13-12-21(17-32-28(33)23-10-8-9-11-24(23)29(32)34)16-25(27)30(35)37-18-26-19(2)14-22(15-20(26)3)31(4,5)6/h8-16H,7,17-18H2,1-6H3. The summed E-state index contributed by atoms with van der Waals surface area (Å²) in [7, 11) is 0. The molecule has 0 spiro atoms. The Labute approximate surface area is 218 Å². The van der Waals surface area contributed by atoms with Crippen LogP contribution >= 0.6 is 0 Å². The highest BCUT2D eigenvalue weighted by atomic mass is 16.5. The largest absolute Gasteiger partial charge is 0.493 e. The van der Waals surface area contributed by atoms with Crippen LogP contribution in [-0.4, -0.2) is 29.3 Å². The van der Waals surface area contributed by atoms with Crippen molar-refractivity contribution in [3.63, 3.8) is 0 Å². The Morgan fingerprint density at radius 1 is 0.892 bits per heavy atom. The summed E-state index contributed by atoms with van der Waals surface area (Å²) in [6.45, 7) is 13.0. The number of fused-ring (bicyclic) bond motifs is 1. The molecule has 2 amide bonds. The van der Waals surface area contributed by atoms with Gasteiger partial charge in [0.15, 0.2) is 0 Å². The smallest absolute Gasteiger partial charge is 0.342 e. The number of imide groups is 1. The highest BCUT2D eigenvalue weighted by Crippen LogP contribution is 2.29. The van der Waals surface area contributed by atoms with Crippen molar-refractivity contribution in [2.45, 2.75) is 60.1 Å². The van der Waals surface area contributed by atoms with Crippen molar-refractivity contribution in [2.24, 2.45) is 0 Å². The van der Waals surface area contributed by atoms with E-state index in [1.807, 2.05) is 20.8 Å². The van der Waals surface area contributed by atoms with Crippen LogP contribution < -0.4 is 4.74 Å². The Balaban J connectivity index is 1.55. The maximum Gasteiger partial charge on any atom is 0.342 e. The van der Waals surface area contributed by atoms with Crippen LogP contribution in [0, 0.1) is 13.8 Å². The molecule has 4 rings (SSSR count). The predicted octanol–water partition coefficient (Wildman–Crippen LogP) is 6.15. The molecule has 0 aromatic heterocycles. The van der Waals surface area contributed by atoms with Gasteiger partial charge in [-0.15, -0.1) is 0 Å². The van der Waals surface area contributed by atoms with Crippen molar-refractivity contribution >= 4 is 17.8 Å². The van der Waals surface area contributed by atoms with Crippen LogP contribution in [0.5, 0.6) is 5.75 Å². The lowest BCUT2D eigenvalue weighted by Gasteiger charge is -2.22. The molecule has 0 unspecified atom stereocenters. The molecule has 0 aliphatic carbocycles. The van der Waals surface area contributed by atoms with Gasteiger partial charge in [0.05, 0.1) is 24.3 Å². The summed E-state index contributed by atoms with van der Waals surface area (Å²) in [6.07, 6.45) is 0. The molecule has 6 heteroatoms. The number of carbonyl (C=O) groups is 3. The van der Waals surface area contributed by atoms with E-state index in [1.165, 1.54) is 10.5 Å². The summed E-state index contributed by atoms with van der Waals surface area (Å²) in [5.41, 5.74) is 6.05. The van der Waals surface area contributed by atoms with Crippen molar-refractivity contribution in [1.29, 1.82) is 0 Å². The topological polar surface area (TPSA) is 72.9 Å². The number of ether oxygens (including phenoxy) is 2. The number of aryl methyl sites for hydroxylation is 2. The van der Waals surface area contributed by atoms with E-state index < -0.39 is 5.97 Å². The second-order valence-electron chi connectivity index (χ2n) is 10.4. The van der Waals surface area contributed by atoms with Gasteiger partial charge in [-0.1, -0.05) is 51.1 Å². The normalized spacial score (nSPS) is 13.1. The zero-order valence-electron chi connectivity index (χ0n) is 22.3. The lowest BCUT2D eigenvalue weighted by atomic mass is 9.84. The summed E-state index contributed by atoms with van der Waals surface area (Å²) in [5.74, 6) is -0.812. The van der Waals surface area contributed by atoms with E-state index in [2.05, 4.69) is 32.9 Å². The molecule has 0 atom stereocenters. The van der Waals surface area contributed by atoms with Crippen molar-refractivity contribution in [1.82, 2.24) is 4.90 Å². The van der Waals surface area contributed by atoms with Crippen molar-refractivity contribution in [2.75, 3.05) is 6.61 Å².